The van der Waals surface area contributed by atoms with Crippen LogP contribution in [0.15, 0.2) is 78.5 Å². The second kappa shape index (κ2) is 10.4. The lowest BCUT2D eigenvalue weighted by atomic mass is 10.0. The van der Waals surface area contributed by atoms with E-state index in [2.05, 4.69) is 11.9 Å². The Labute approximate surface area is 204 Å². The fourth-order valence-electron chi connectivity index (χ4n) is 3.60. The largest absolute Gasteiger partial charge is 0.484 e. The van der Waals surface area contributed by atoms with Crippen molar-refractivity contribution >= 4 is 35.2 Å². The first-order chi connectivity index (χ1) is 16.9. The number of carbonyl (C=O) groups is 3. The number of thioether (sulfide) groups is 1. The monoisotopic (exact) mass is 495 g/mol. The number of para-hydroxylation sites is 1. The number of amides is 2. The third kappa shape index (κ3) is 5.19. The molecular weight excluding hydrogens is 474 g/mol. The molecule has 0 unspecified atom stereocenters. The van der Waals surface area contributed by atoms with Crippen LogP contribution in [0.4, 0.5) is 5.69 Å². The average molecular weight is 496 g/mol. The zero-order valence-corrected chi connectivity index (χ0v) is 19.2. The van der Waals surface area contributed by atoms with E-state index in [1.807, 2.05) is 6.07 Å². The summed E-state index contributed by atoms with van der Waals surface area (Å²) in [7, 11) is 0. The van der Waals surface area contributed by atoms with E-state index < -0.39 is 34.1 Å². The summed E-state index contributed by atoms with van der Waals surface area (Å²) in [5.74, 6) is -0.653. The summed E-state index contributed by atoms with van der Waals surface area (Å²) in [4.78, 5) is 49.7. The van der Waals surface area contributed by atoms with Gasteiger partial charge in [-0.15, -0.1) is 11.8 Å². The summed E-state index contributed by atoms with van der Waals surface area (Å²) in [6.07, 6.45) is 1.50. The summed E-state index contributed by atoms with van der Waals surface area (Å²) in [5, 5.41) is 13.0. The standard InChI is InChI=1S/C24H21N3O7S/c1-2-16-14-35-23-20(25-19(28)13-33-18-6-4-3-5-7-18)22(29)26(23)21(16)24(30)34-12-15-8-10-17(11-9-15)27(31)32/h2-11,20,23H,1,12-14H2,(H,25,28)/t20-,23+/m1/s1. The SMILES string of the molecule is C=CC1=C(C(=O)OCc2ccc([N+](=O)[O-])cc2)N2C(=O)[C@@H](NC(=O)COc3ccccc3)[C@@H]2SC1. The Balaban J connectivity index is 1.37. The lowest BCUT2D eigenvalue weighted by Gasteiger charge is -2.49. The van der Waals surface area contributed by atoms with Gasteiger partial charge in [0.25, 0.3) is 17.5 Å². The van der Waals surface area contributed by atoms with E-state index in [-0.39, 0.29) is 24.6 Å². The van der Waals surface area contributed by atoms with Crippen molar-refractivity contribution in [2.45, 2.75) is 18.0 Å². The van der Waals surface area contributed by atoms with Crippen LogP contribution in [0.25, 0.3) is 0 Å². The molecule has 1 saturated heterocycles. The van der Waals surface area contributed by atoms with Gasteiger partial charge in [-0.3, -0.25) is 24.6 Å². The second-order valence-corrected chi connectivity index (χ2v) is 8.74. The van der Waals surface area contributed by atoms with Crippen molar-refractivity contribution in [2.24, 2.45) is 0 Å². The molecule has 2 aromatic carbocycles. The van der Waals surface area contributed by atoms with Crippen LogP contribution < -0.4 is 10.1 Å². The second-order valence-electron chi connectivity index (χ2n) is 7.63. The van der Waals surface area contributed by atoms with E-state index in [1.165, 1.54) is 47.0 Å². The molecule has 10 nitrogen and oxygen atoms in total. The van der Waals surface area contributed by atoms with Crippen molar-refractivity contribution in [3.63, 3.8) is 0 Å². The number of hydrogen-bond donors (Lipinski definition) is 1. The van der Waals surface area contributed by atoms with Crippen molar-refractivity contribution in [1.29, 1.82) is 0 Å². The van der Waals surface area contributed by atoms with Crippen molar-refractivity contribution in [1.82, 2.24) is 10.2 Å². The van der Waals surface area contributed by atoms with Crippen LogP contribution in [0.3, 0.4) is 0 Å². The van der Waals surface area contributed by atoms with Gasteiger partial charge in [-0.25, -0.2) is 4.79 Å². The molecule has 180 valence electrons. The highest BCUT2D eigenvalue weighted by Gasteiger charge is 2.54. The molecule has 2 aliphatic rings. The van der Waals surface area contributed by atoms with E-state index >= 15 is 0 Å². The molecule has 0 aliphatic carbocycles. The number of hydrogen-bond acceptors (Lipinski definition) is 8. The number of nitro groups is 1. The fraction of sp³-hybridized carbons (Fsp3) is 0.208. The van der Waals surface area contributed by atoms with Crippen LogP contribution >= 0.6 is 11.8 Å². The van der Waals surface area contributed by atoms with Gasteiger partial charge in [-0.05, 0) is 35.4 Å². The van der Waals surface area contributed by atoms with Gasteiger partial charge in [0.05, 0.1) is 4.92 Å². The van der Waals surface area contributed by atoms with Crippen LogP contribution in [0, 0.1) is 10.1 Å². The highest BCUT2D eigenvalue weighted by molar-refractivity contribution is 8.00. The first-order valence-corrected chi connectivity index (χ1v) is 11.6. The minimum atomic E-state index is -0.796. The number of non-ortho nitro benzene ring substituents is 1. The quantitative estimate of drug-likeness (QED) is 0.243. The number of nitrogens with zero attached hydrogens (tertiary/aromatic N) is 2. The molecule has 1 fully saturated rings. The molecule has 2 heterocycles. The number of rotatable bonds is 9. The summed E-state index contributed by atoms with van der Waals surface area (Å²) >= 11 is 1.40. The molecule has 0 radical (unpaired) electrons. The van der Waals surface area contributed by atoms with Crippen LogP contribution in [-0.2, 0) is 25.7 Å². The number of nitrogens with one attached hydrogen (secondary N) is 1. The third-order valence-electron chi connectivity index (χ3n) is 5.38. The predicted octanol–water partition coefficient (Wildman–Crippen LogP) is 2.56. The number of fused-ring (bicyclic) bond motifs is 1. The van der Waals surface area contributed by atoms with Gasteiger partial charge in [0.2, 0.25) is 0 Å². The number of allylic oxidation sites excluding steroid dienone is 1. The van der Waals surface area contributed by atoms with E-state index in [0.717, 1.165) is 0 Å². The van der Waals surface area contributed by atoms with Crippen molar-refractivity contribution in [3.8, 4) is 5.75 Å². The minimum Gasteiger partial charge on any atom is -0.484 e. The lowest BCUT2D eigenvalue weighted by Crippen LogP contribution is -2.70. The Morgan fingerprint density at radius 1 is 1.20 bits per heavy atom. The van der Waals surface area contributed by atoms with Crippen LogP contribution in [0.2, 0.25) is 0 Å². The molecule has 0 spiro atoms. The number of esters is 1. The highest BCUT2D eigenvalue weighted by Crippen LogP contribution is 2.41. The zero-order valence-electron chi connectivity index (χ0n) is 18.4. The van der Waals surface area contributed by atoms with E-state index in [0.29, 0.717) is 22.6 Å². The maximum atomic E-state index is 12.9. The van der Waals surface area contributed by atoms with Gasteiger partial charge >= 0.3 is 5.97 Å². The van der Waals surface area contributed by atoms with Crippen LogP contribution in [-0.4, -0.2) is 51.4 Å². The van der Waals surface area contributed by atoms with Crippen molar-refractivity contribution in [2.75, 3.05) is 12.4 Å². The Hall–Kier alpha value is -4.12. The summed E-state index contributed by atoms with van der Waals surface area (Å²) in [6.45, 7) is 3.35. The number of benzene rings is 2. The molecule has 1 N–H and O–H groups in total. The zero-order chi connectivity index (χ0) is 24.9. The Morgan fingerprint density at radius 3 is 2.57 bits per heavy atom. The molecule has 0 bridgehead atoms. The normalized spacial score (nSPS) is 18.7. The summed E-state index contributed by atoms with van der Waals surface area (Å²) in [6, 6.07) is 13.7. The molecule has 0 aromatic heterocycles. The van der Waals surface area contributed by atoms with Gasteiger partial charge < -0.3 is 14.8 Å². The van der Waals surface area contributed by atoms with Gasteiger partial charge in [-0.1, -0.05) is 30.9 Å². The maximum absolute atomic E-state index is 12.9. The number of nitro benzene ring substituents is 1. The highest BCUT2D eigenvalue weighted by atomic mass is 32.2. The van der Waals surface area contributed by atoms with Gasteiger partial charge in [0, 0.05) is 17.9 Å². The Bertz CT molecular complexity index is 1200. The van der Waals surface area contributed by atoms with E-state index in [4.69, 9.17) is 9.47 Å². The number of ether oxygens (including phenoxy) is 2. The fourth-order valence-corrected chi connectivity index (χ4v) is 4.94. The molecule has 2 aromatic rings. The molecule has 2 aliphatic heterocycles. The molecule has 4 rings (SSSR count). The number of carbonyl (C=O) groups excluding carboxylic acids is 3. The lowest BCUT2D eigenvalue weighted by molar-refractivity contribution is -0.384. The van der Waals surface area contributed by atoms with Gasteiger partial charge in [-0.2, -0.15) is 0 Å². The van der Waals surface area contributed by atoms with E-state index in [9.17, 15) is 24.5 Å². The van der Waals surface area contributed by atoms with Gasteiger partial charge in [0.1, 0.15) is 29.5 Å². The predicted molar refractivity (Wildman–Crippen MR) is 127 cm³/mol. The van der Waals surface area contributed by atoms with Crippen LogP contribution in [0.1, 0.15) is 5.56 Å². The third-order valence-corrected chi connectivity index (χ3v) is 6.69. The van der Waals surface area contributed by atoms with Crippen LogP contribution in [0.5, 0.6) is 5.75 Å². The molecular formula is C24H21N3O7S. The van der Waals surface area contributed by atoms with Gasteiger partial charge in [0.15, 0.2) is 6.61 Å². The molecule has 35 heavy (non-hydrogen) atoms. The smallest absolute Gasteiger partial charge is 0.355 e. The maximum Gasteiger partial charge on any atom is 0.355 e. The Morgan fingerprint density at radius 2 is 1.91 bits per heavy atom. The first kappa shape index (κ1) is 24.0. The molecule has 2 atom stereocenters. The van der Waals surface area contributed by atoms with E-state index in [1.54, 1.807) is 24.3 Å². The molecule has 11 heteroatoms. The molecule has 0 saturated carbocycles. The summed E-state index contributed by atoms with van der Waals surface area (Å²) < 4.78 is 10.8. The first-order valence-electron chi connectivity index (χ1n) is 10.6. The van der Waals surface area contributed by atoms with Crippen molar-refractivity contribution < 1.29 is 28.8 Å². The Kier molecular flexibility index (Phi) is 7.16. The summed E-state index contributed by atoms with van der Waals surface area (Å²) in [5.41, 5.74) is 1.12. The molecule has 2 amide bonds. The number of β-lactam (4-membered cyclic amide) rings is 1. The average Bonchev–Trinajstić information content (AvgIpc) is 2.88. The topological polar surface area (TPSA) is 128 Å². The minimum absolute atomic E-state index is 0.0719. The van der Waals surface area contributed by atoms with Crippen molar-refractivity contribution in [3.05, 3.63) is 94.2 Å².